The summed E-state index contributed by atoms with van der Waals surface area (Å²) in [6, 6.07) is 11.2. The molecule has 0 aliphatic rings. The lowest BCUT2D eigenvalue weighted by Gasteiger charge is -2.02. The minimum Gasteiger partial charge on any atom is -0.477 e. The van der Waals surface area contributed by atoms with Gasteiger partial charge in [0.15, 0.2) is 0 Å². The Hall–Kier alpha value is -2.62. The lowest BCUT2D eigenvalue weighted by Crippen LogP contribution is -2.03. The van der Waals surface area contributed by atoms with Gasteiger partial charge in [0.1, 0.15) is 11.3 Å². The van der Waals surface area contributed by atoms with Gasteiger partial charge in [0, 0.05) is 11.8 Å². The Morgan fingerprint density at radius 3 is 2.65 bits per heavy atom. The summed E-state index contributed by atoms with van der Waals surface area (Å²) in [4.78, 5) is 15.7. The van der Waals surface area contributed by atoms with Crippen LogP contribution in [0.5, 0.6) is 0 Å². The third-order valence-corrected chi connectivity index (χ3v) is 3.51. The fourth-order valence-electron chi connectivity index (χ4n) is 2.22. The Labute approximate surface area is 116 Å². The molecule has 3 aromatic rings. The number of fused-ring (bicyclic) bond motifs is 1. The number of hydrogen-bond donors (Lipinski definition) is 1. The second-order valence-corrected chi connectivity index (χ2v) is 4.87. The summed E-state index contributed by atoms with van der Waals surface area (Å²) in [5.41, 5.74) is 5.04. The van der Waals surface area contributed by atoms with Gasteiger partial charge in [-0.2, -0.15) is 0 Å². The van der Waals surface area contributed by atoms with Crippen molar-refractivity contribution in [3.05, 3.63) is 59.4 Å². The van der Waals surface area contributed by atoms with E-state index in [0.29, 0.717) is 5.65 Å². The van der Waals surface area contributed by atoms with Crippen molar-refractivity contribution in [2.75, 3.05) is 0 Å². The SMILES string of the molecule is Cc1ccc(-c2cn3c(C(=O)O)cccc3n2)cc1C. The molecule has 0 unspecified atom stereocenters. The highest BCUT2D eigenvalue weighted by atomic mass is 16.4. The molecule has 0 bridgehead atoms. The minimum atomic E-state index is -0.959. The van der Waals surface area contributed by atoms with Crippen LogP contribution in [0, 0.1) is 13.8 Å². The Bertz CT molecular complexity index is 818. The quantitative estimate of drug-likeness (QED) is 0.774. The maximum atomic E-state index is 11.2. The van der Waals surface area contributed by atoms with Crippen molar-refractivity contribution in [2.45, 2.75) is 13.8 Å². The largest absolute Gasteiger partial charge is 0.477 e. The molecule has 0 radical (unpaired) electrons. The predicted molar refractivity (Wildman–Crippen MR) is 77.1 cm³/mol. The third kappa shape index (κ3) is 1.95. The number of carboxylic acids is 1. The number of aromatic nitrogens is 2. The van der Waals surface area contributed by atoms with Gasteiger partial charge in [-0.15, -0.1) is 0 Å². The first kappa shape index (κ1) is 12.4. The van der Waals surface area contributed by atoms with Gasteiger partial charge in [0.25, 0.3) is 0 Å². The molecular weight excluding hydrogens is 252 g/mol. The number of rotatable bonds is 2. The van der Waals surface area contributed by atoms with Crippen molar-refractivity contribution in [3.8, 4) is 11.3 Å². The van der Waals surface area contributed by atoms with Crippen molar-refractivity contribution >= 4 is 11.6 Å². The zero-order valence-electron chi connectivity index (χ0n) is 11.3. The Morgan fingerprint density at radius 1 is 1.15 bits per heavy atom. The Balaban J connectivity index is 2.20. The first-order valence-corrected chi connectivity index (χ1v) is 6.35. The number of imidazole rings is 1. The third-order valence-electron chi connectivity index (χ3n) is 3.51. The fourth-order valence-corrected chi connectivity index (χ4v) is 2.22. The van der Waals surface area contributed by atoms with Crippen molar-refractivity contribution in [3.63, 3.8) is 0 Å². The number of carboxylic acid groups (broad SMARTS) is 1. The van der Waals surface area contributed by atoms with E-state index < -0.39 is 5.97 Å². The molecular formula is C16H14N2O2. The van der Waals surface area contributed by atoms with Gasteiger partial charge in [-0.3, -0.25) is 4.40 Å². The van der Waals surface area contributed by atoms with Gasteiger partial charge in [-0.25, -0.2) is 9.78 Å². The lowest BCUT2D eigenvalue weighted by atomic mass is 10.1. The molecule has 0 amide bonds. The van der Waals surface area contributed by atoms with Gasteiger partial charge < -0.3 is 5.11 Å². The molecule has 0 spiro atoms. The predicted octanol–water partition coefficient (Wildman–Crippen LogP) is 3.32. The zero-order valence-corrected chi connectivity index (χ0v) is 11.3. The van der Waals surface area contributed by atoms with Crippen LogP contribution < -0.4 is 0 Å². The molecule has 2 heterocycles. The lowest BCUT2D eigenvalue weighted by molar-refractivity contribution is 0.0689. The van der Waals surface area contributed by atoms with Gasteiger partial charge in [0.05, 0.1) is 5.69 Å². The number of nitrogens with zero attached hydrogens (tertiary/aromatic N) is 2. The van der Waals surface area contributed by atoms with Gasteiger partial charge in [0.2, 0.25) is 0 Å². The monoisotopic (exact) mass is 266 g/mol. The van der Waals surface area contributed by atoms with E-state index >= 15 is 0 Å². The van der Waals surface area contributed by atoms with E-state index in [2.05, 4.69) is 24.9 Å². The molecule has 0 saturated heterocycles. The first-order chi connectivity index (χ1) is 9.56. The second-order valence-electron chi connectivity index (χ2n) is 4.87. The van der Waals surface area contributed by atoms with Crippen molar-refractivity contribution in [1.82, 2.24) is 9.38 Å². The maximum absolute atomic E-state index is 11.2. The fraction of sp³-hybridized carbons (Fsp3) is 0.125. The number of hydrogen-bond acceptors (Lipinski definition) is 2. The van der Waals surface area contributed by atoms with Crippen LogP contribution in [0.25, 0.3) is 16.9 Å². The molecule has 1 aromatic carbocycles. The Morgan fingerprint density at radius 2 is 1.95 bits per heavy atom. The van der Waals surface area contributed by atoms with E-state index in [0.717, 1.165) is 11.3 Å². The molecule has 4 heteroatoms. The summed E-state index contributed by atoms with van der Waals surface area (Å²) in [5.74, 6) is -0.959. The van der Waals surface area contributed by atoms with E-state index in [1.165, 1.54) is 11.1 Å². The molecule has 0 fully saturated rings. The van der Waals surface area contributed by atoms with Crippen LogP contribution in [0.3, 0.4) is 0 Å². The van der Waals surface area contributed by atoms with Crippen LogP contribution in [0.1, 0.15) is 21.6 Å². The topological polar surface area (TPSA) is 54.6 Å². The molecule has 0 aliphatic heterocycles. The normalized spacial score (nSPS) is 10.9. The number of aromatic carboxylic acids is 1. The molecule has 0 saturated carbocycles. The molecule has 2 aromatic heterocycles. The molecule has 1 N–H and O–H groups in total. The van der Waals surface area contributed by atoms with Crippen LogP contribution in [-0.2, 0) is 0 Å². The smallest absolute Gasteiger partial charge is 0.352 e. The molecule has 100 valence electrons. The molecule has 3 rings (SSSR count). The van der Waals surface area contributed by atoms with Crippen molar-refractivity contribution in [2.24, 2.45) is 0 Å². The maximum Gasteiger partial charge on any atom is 0.352 e. The molecule has 0 atom stereocenters. The Kier molecular flexibility index (Phi) is 2.79. The highest BCUT2D eigenvalue weighted by Crippen LogP contribution is 2.22. The first-order valence-electron chi connectivity index (χ1n) is 6.35. The van der Waals surface area contributed by atoms with Gasteiger partial charge in [-0.1, -0.05) is 18.2 Å². The molecule has 4 nitrogen and oxygen atoms in total. The van der Waals surface area contributed by atoms with Gasteiger partial charge >= 0.3 is 5.97 Å². The van der Waals surface area contributed by atoms with E-state index in [-0.39, 0.29) is 5.69 Å². The molecule has 20 heavy (non-hydrogen) atoms. The second kappa shape index (κ2) is 4.49. The standard InChI is InChI=1S/C16H14N2O2/c1-10-6-7-12(8-11(10)2)13-9-18-14(16(19)20)4-3-5-15(18)17-13/h3-9H,1-2H3,(H,19,20). The van der Waals surface area contributed by atoms with E-state index in [4.69, 9.17) is 0 Å². The van der Waals surface area contributed by atoms with Crippen molar-refractivity contribution in [1.29, 1.82) is 0 Å². The molecule has 0 aliphatic carbocycles. The van der Waals surface area contributed by atoms with Crippen LogP contribution >= 0.6 is 0 Å². The van der Waals surface area contributed by atoms with Crippen molar-refractivity contribution < 1.29 is 9.90 Å². The van der Waals surface area contributed by atoms with Crippen LogP contribution in [0.2, 0.25) is 0 Å². The summed E-state index contributed by atoms with van der Waals surface area (Å²) >= 11 is 0. The van der Waals surface area contributed by atoms with Crippen LogP contribution in [-0.4, -0.2) is 20.5 Å². The summed E-state index contributed by atoms with van der Waals surface area (Å²) in [6.45, 7) is 4.11. The number of benzene rings is 1. The summed E-state index contributed by atoms with van der Waals surface area (Å²) in [6.07, 6.45) is 1.77. The summed E-state index contributed by atoms with van der Waals surface area (Å²) in [5, 5.41) is 9.19. The summed E-state index contributed by atoms with van der Waals surface area (Å²) in [7, 11) is 0. The highest BCUT2D eigenvalue weighted by molar-refractivity contribution is 5.87. The minimum absolute atomic E-state index is 0.213. The van der Waals surface area contributed by atoms with E-state index in [9.17, 15) is 9.90 Å². The van der Waals surface area contributed by atoms with Crippen LogP contribution in [0.4, 0.5) is 0 Å². The highest BCUT2D eigenvalue weighted by Gasteiger charge is 2.11. The summed E-state index contributed by atoms with van der Waals surface area (Å²) < 4.78 is 1.60. The zero-order chi connectivity index (χ0) is 14.3. The number of carbonyl (C=O) groups is 1. The average molecular weight is 266 g/mol. The number of aryl methyl sites for hydroxylation is 2. The van der Waals surface area contributed by atoms with Crippen LogP contribution in [0.15, 0.2) is 42.6 Å². The number of pyridine rings is 1. The van der Waals surface area contributed by atoms with E-state index in [1.807, 2.05) is 12.1 Å². The average Bonchev–Trinajstić information content (AvgIpc) is 2.85. The van der Waals surface area contributed by atoms with E-state index in [1.54, 1.807) is 28.8 Å². The van der Waals surface area contributed by atoms with Gasteiger partial charge in [-0.05, 0) is 43.2 Å².